The van der Waals surface area contributed by atoms with Gasteiger partial charge in [0.25, 0.3) is 0 Å². The van der Waals surface area contributed by atoms with Crippen LogP contribution in [0.2, 0.25) is 0 Å². The third-order valence-corrected chi connectivity index (χ3v) is 5.29. The first-order valence-corrected chi connectivity index (χ1v) is 9.63. The molecule has 0 bridgehead atoms. The average molecular weight is 375 g/mol. The number of nitrogens with one attached hydrogen (secondary N) is 2. The Morgan fingerprint density at radius 2 is 1.85 bits per heavy atom. The molecule has 2 rings (SSSR count). The van der Waals surface area contributed by atoms with E-state index in [9.17, 15) is 9.59 Å². The van der Waals surface area contributed by atoms with E-state index in [2.05, 4.69) is 24.5 Å². The number of carbonyl (C=O) groups is 2. The molecule has 0 saturated heterocycles. The van der Waals surface area contributed by atoms with Crippen molar-refractivity contribution in [2.75, 3.05) is 18.5 Å². The third-order valence-electron chi connectivity index (χ3n) is 3.94. The van der Waals surface area contributed by atoms with E-state index in [4.69, 9.17) is 4.74 Å². The molecule has 0 fully saturated rings. The molecule has 5 nitrogen and oxygen atoms in total. The lowest BCUT2D eigenvalue weighted by Gasteiger charge is -2.14. The van der Waals surface area contributed by atoms with Gasteiger partial charge in [-0.25, -0.2) is 4.79 Å². The molecule has 1 heterocycles. The summed E-state index contributed by atoms with van der Waals surface area (Å²) in [5.74, 6) is -0.317. The predicted octanol–water partition coefficient (Wildman–Crippen LogP) is 4.34. The summed E-state index contributed by atoms with van der Waals surface area (Å²) in [5.41, 5.74) is 1.54. The van der Waals surface area contributed by atoms with Gasteiger partial charge in [0.05, 0.1) is 18.7 Å². The molecular weight excluding hydrogens is 348 g/mol. The predicted molar refractivity (Wildman–Crippen MR) is 106 cm³/mol. The quantitative estimate of drug-likeness (QED) is 0.675. The molecule has 1 amide bonds. The molecule has 140 valence electrons. The van der Waals surface area contributed by atoms with Gasteiger partial charge >= 0.3 is 5.97 Å². The molecule has 0 unspecified atom stereocenters. The van der Waals surface area contributed by atoms with Crippen molar-refractivity contribution in [2.24, 2.45) is 0 Å². The minimum absolute atomic E-state index is 0.0565. The smallest absolute Gasteiger partial charge is 0.341 e. The Balaban J connectivity index is 2.02. The van der Waals surface area contributed by atoms with Crippen LogP contribution in [0.25, 0.3) is 0 Å². The number of amides is 1. The van der Waals surface area contributed by atoms with Crippen LogP contribution in [-0.2, 0) is 9.53 Å². The topological polar surface area (TPSA) is 67.4 Å². The average Bonchev–Trinajstić information content (AvgIpc) is 3.05. The Morgan fingerprint density at radius 3 is 2.46 bits per heavy atom. The van der Waals surface area contributed by atoms with Crippen LogP contribution < -0.4 is 10.6 Å². The van der Waals surface area contributed by atoms with E-state index in [0.717, 1.165) is 10.4 Å². The maximum atomic E-state index is 12.3. The summed E-state index contributed by atoms with van der Waals surface area (Å²) < 4.78 is 5.10. The molecule has 26 heavy (non-hydrogen) atoms. The minimum Gasteiger partial charge on any atom is -0.462 e. The van der Waals surface area contributed by atoms with E-state index in [-0.39, 0.29) is 24.4 Å². The van der Waals surface area contributed by atoms with Crippen LogP contribution in [0.5, 0.6) is 0 Å². The molecule has 0 radical (unpaired) electrons. The molecule has 0 saturated carbocycles. The summed E-state index contributed by atoms with van der Waals surface area (Å²) >= 11 is 1.42. The van der Waals surface area contributed by atoms with Crippen molar-refractivity contribution in [3.63, 3.8) is 0 Å². The highest BCUT2D eigenvalue weighted by atomic mass is 32.1. The van der Waals surface area contributed by atoms with Gasteiger partial charge in [0.15, 0.2) is 0 Å². The SMILES string of the molecule is CCOC(=O)c1cc(C(C)C)sc1NC(=O)CN[C@@H](C)c1ccccc1. The van der Waals surface area contributed by atoms with Gasteiger partial charge in [-0.15, -0.1) is 11.3 Å². The highest BCUT2D eigenvalue weighted by Gasteiger charge is 2.20. The van der Waals surface area contributed by atoms with Crippen molar-refractivity contribution in [1.29, 1.82) is 0 Å². The van der Waals surface area contributed by atoms with Gasteiger partial charge in [0.2, 0.25) is 5.91 Å². The van der Waals surface area contributed by atoms with Gasteiger partial charge in [0.1, 0.15) is 5.00 Å². The van der Waals surface area contributed by atoms with Crippen LogP contribution in [0.3, 0.4) is 0 Å². The van der Waals surface area contributed by atoms with Crippen molar-refractivity contribution in [3.05, 3.63) is 52.4 Å². The van der Waals surface area contributed by atoms with E-state index in [1.54, 1.807) is 6.92 Å². The second kappa shape index (κ2) is 9.50. The van der Waals surface area contributed by atoms with Gasteiger partial charge in [-0.05, 0) is 31.4 Å². The largest absolute Gasteiger partial charge is 0.462 e. The Morgan fingerprint density at radius 1 is 1.15 bits per heavy atom. The molecule has 2 aromatic rings. The zero-order valence-electron chi connectivity index (χ0n) is 15.7. The Kier molecular flexibility index (Phi) is 7.36. The Hall–Kier alpha value is -2.18. The second-order valence-corrected chi connectivity index (χ2v) is 7.41. The normalized spacial score (nSPS) is 12.0. The number of ether oxygens (including phenoxy) is 1. The highest BCUT2D eigenvalue weighted by Crippen LogP contribution is 2.33. The minimum atomic E-state index is -0.406. The van der Waals surface area contributed by atoms with E-state index >= 15 is 0 Å². The standard InChI is InChI=1S/C20H26N2O3S/c1-5-25-20(24)16-11-17(13(2)3)26-19(16)22-18(23)12-21-14(4)15-9-7-6-8-10-15/h6-11,13-14,21H,5,12H2,1-4H3,(H,22,23)/t14-/m0/s1. The van der Waals surface area contributed by atoms with Gasteiger partial charge < -0.3 is 15.4 Å². The van der Waals surface area contributed by atoms with Crippen molar-refractivity contribution >= 4 is 28.2 Å². The van der Waals surface area contributed by atoms with Gasteiger partial charge in [-0.1, -0.05) is 44.2 Å². The number of hydrogen-bond donors (Lipinski definition) is 2. The number of thiophene rings is 1. The zero-order valence-corrected chi connectivity index (χ0v) is 16.5. The summed E-state index contributed by atoms with van der Waals surface area (Å²) in [5, 5.41) is 6.59. The molecule has 0 spiro atoms. The fraction of sp³-hybridized carbons (Fsp3) is 0.400. The van der Waals surface area contributed by atoms with Crippen molar-refractivity contribution < 1.29 is 14.3 Å². The van der Waals surface area contributed by atoms with Crippen molar-refractivity contribution in [1.82, 2.24) is 5.32 Å². The maximum absolute atomic E-state index is 12.3. The summed E-state index contributed by atoms with van der Waals surface area (Å²) in [4.78, 5) is 25.5. The number of hydrogen-bond acceptors (Lipinski definition) is 5. The lowest BCUT2D eigenvalue weighted by atomic mass is 10.1. The molecule has 6 heteroatoms. The second-order valence-electron chi connectivity index (χ2n) is 6.33. The number of carbonyl (C=O) groups excluding carboxylic acids is 2. The van der Waals surface area contributed by atoms with Crippen molar-refractivity contribution in [2.45, 2.75) is 39.7 Å². The maximum Gasteiger partial charge on any atom is 0.341 e. The van der Waals surface area contributed by atoms with E-state index in [1.807, 2.05) is 43.3 Å². The molecule has 0 aliphatic heterocycles. The molecule has 2 N–H and O–H groups in total. The van der Waals surface area contributed by atoms with E-state index in [0.29, 0.717) is 17.2 Å². The van der Waals surface area contributed by atoms with Gasteiger partial charge in [-0.2, -0.15) is 0 Å². The number of esters is 1. The summed E-state index contributed by atoms with van der Waals surface area (Å²) in [7, 11) is 0. The van der Waals surface area contributed by atoms with Crippen molar-refractivity contribution in [3.8, 4) is 0 Å². The van der Waals surface area contributed by atoms with E-state index in [1.165, 1.54) is 11.3 Å². The monoisotopic (exact) mass is 374 g/mol. The number of anilines is 1. The Labute approximate surface area is 158 Å². The molecule has 1 aromatic carbocycles. The van der Waals surface area contributed by atoms with Crippen LogP contribution in [0.1, 0.15) is 60.5 Å². The first-order chi connectivity index (χ1) is 12.4. The molecule has 0 aliphatic rings. The van der Waals surface area contributed by atoms with E-state index < -0.39 is 5.97 Å². The zero-order chi connectivity index (χ0) is 19.1. The number of benzene rings is 1. The van der Waals surface area contributed by atoms with Gasteiger partial charge in [0, 0.05) is 10.9 Å². The lowest BCUT2D eigenvalue weighted by molar-refractivity contribution is -0.115. The summed E-state index contributed by atoms with van der Waals surface area (Å²) in [6.45, 7) is 8.34. The fourth-order valence-corrected chi connectivity index (χ4v) is 3.49. The lowest BCUT2D eigenvalue weighted by Crippen LogP contribution is -2.30. The first-order valence-electron chi connectivity index (χ1n) is 8.81. The molecule has 0 aliphatic carbocycles. The Bertz CT molecular complexity index is 741. The summed E-state index contributed by atoms with van der Waals surface area (Å²) in [6.07, 6.45) is 0. The van der Waals surface area contributed by atoms with Crippen LogP contribution in [0.15, 0.2) is 36.4 Å². The first kappa shape index (κ1) is 20.1. The molecule has 1 atom stereocenters. The number of rotatable bonds is 8. The molecule has 1 aromatic heterocycles. The third kappa shape index (κ3) is 5.41. The van der Waals surface area contributed by atoms with Crippen LogP contribution in [0.4, 0.5) is 5.00 Å². The summed E-state index contributed by atoms with van der Waals surface area (Å²) in [6, 6.07) is 11.8. The fourth-order valence-electron chi connectivity index (χ4n) is 2.42. The molecular formula is C20H26N2O3S. The van der Waals surface area contributed by atoms with Crippen LogP contribution >= 0.6 is 11.3 Å². The highest BCUT2D eigenvalue weighted by molar-refractivity contribution is 7.16. The van der Waals surface area contributed by atoms with Crippen LogP contribution in [-0.4, -0.2) is 25.0 Å². The van der Waals surface area contributed by atoms with Crippen LogP contribution in [0, 0.1) is 0 Å². The van der Waals surface area contributed by atoms with Gasteiger partial charge in [-0.3, -0.25) is 4.79 Å².